The number of hydrogen-bond donors (Lipinski definition) is 0. The molecule has 0 saturated carbocycles. The lowest BCUT2D eigenvalue weighted by Gasteiger charge is -2.08. The van der Waals surface area contributed by atoms with E-state index in [-0.39, 0.29) is 16.0 Å². The number of thioether (sulfide) groups is 2. The summed E-state index contributed by atoms with van der Waals surface area (Å²) in [6.45, 7) is 8.77. The molecule has 3 rings (SSSR count). The van der Waals surface area contributed by atoms with Crippen molar-refractivity contribution in [2.45, 2.75) is 16.7 Å². The van der Waals surface area contributed by atoms with Crippen LogP contribution < -0.4 is 0 Å². The number of hydrogen-bond acceptors (Lipinski definition) is 4. The molecule has 0 bridgehead atoms. The van der Waals surface area contributed by atoms with E-state index in [4.69, 9.17) is 0 Å². The Morgan fingerprint density at radius 2 is 1.37 bits per heavy atom. The molecule has 0 unspecified atom stereocenters. The van der Waals surface area contributed by atoms with Gasteiger partial charge in [0.2, 0.25) is 10.2 Å². The molecular formula is C25H19FO2S2. The fourth-order valence-electron chi connectivity index (χ4n) is 2.70. The Morgan fingerprint density at radius 1 is 0.833 bits per heavy atom. The van der Waals surface area contributed by atoms with Crippen molar-refractivity contribution in [3.05, 3.63) is 97.4 Å². The largest absolute Gasteiger partial charge is 0.282 e. The number of benzene rings is 3. The molecule has 0 atom stereocenters. The Kier molecular flexibility index (Phi) is 7.08. The fraction of sp³-hybridized carbons (Fsp3) is 0.0400. The zero-order chi connectivity index (χ0) is 21.7. The third-order valence-electron chi connectivity index (χ3n) is 4.27. The predicted molar refractivity (Wildman–Crippen MR) is 124 cm³/mol. The summed E-state index contributed by atoms with van der Waals surface area (Å²) in [7, 11) is 0. The molecule has 0 saturated heterocycles. The van der Waals surface area contributed by atoms with Gasteiger partial charge in [-0.05, 0) is 83.1 Å². The lowest BCUT2D eigenvalue weighted by Crippen LogP contribution is -1.90. The van der Waals surface area contributed by atoms with E-state index in [0.717, 1.165) is 45.1 Å². The summed E-state index contributed by atoms with van der Waals surface area (Å²) in [4.78, 5) is 24.6. The number of halogens is 1. The van der Waals surface area contributed by atoms with E-state index in [0.29, 0.717) is 16.0 Å². The molecule has 0 aromatic heterocycles. The van der Waals surface area contributed by atoms with E-state index in [1.807, 2.05) is 48.5 Å². The van der Waals surface area contributed by atoms with Gasteiger partial charge < -0.3 is 0 Å². The lowest BCUT2D eigenvalue weighted by molar-refractivity contribution is -0.108. The van der Waals surface area contributed by atoms with Crippen LogP contribution in [0.3, 0.4) is 0 Å². The second-order valence-corrected chi connectivity index (χ2v) is 8.66. The third-order valence-corrected chi connectivity index (χ3v) is 6.17. The minimum Gasteiger partial charge on any atom is -0.282 e. The third kappa shape index (κ3) is 5.38. The molecule has 5 heteroatoms. The quantitative estimate of drug-likeness (QED) is 0.304. The summed E-state index contributed by atoms with van der Waals surface area (Å²) >= 11 is 2.10. The maximum atomic E-state index is 14.5. The molecule has 150 valence electrons. The van der Waals surface area contributed by atoms with Gasteiger partial charge in [-0.25, -0.2) is 4.39 Å². The van der Waals surface area contributed by atoms with Crippen molar-refractivity contribution in [2.24, 2.45) is 0 Å². The minimum atomic E-state index is -0.381. The van der Waals surface area contributed by atoms with Crippen molar-refractivity contribution in [1.82, 2.24) is 0 Å². The van der Waals surface area contributed by atoms with Gasteiger partial charge in [-0.15, -0.1) is 0 Å². The van der Waals surface area contributed by atoms with Crippen molar-refractivity contribution in [2.75, 3.05) is 0 Å². The van der Waals surface area contributed by atoms with Gasteiger partial charge in [-0.2, -0.15) is 0 Å². The second-order valence-electron chi connectivity index (χ2n) is 6.54. The first-order chi connectivity index (χ1) is 14.4. The highest BCUT2D eigenvalue weighted by molar-refractivity contribution is 8.14. The molecule has 30 heavy (non-hydrogen) atoms. The molecule has 2 nitrogen and oxygen atoms in total. The fourth-order valence-corrected chi connectivity index (χ4v) is 3.98. The van der Waals surface area contributed by atoms with Crippen LogP contribution in [0.2, 0.25) is 0 Å². The van der Waals surface area contributed by atoms with Gasteiger partial charge in [0.05, 0.1) is 0 Å². The molecule has 0 fully saturated rings. The van der Waals surface area contributed by atoms with Crippen LogP contribution >= 0.6 is 23.5 Å². The van der Waals surface area contributed by atoms with E-state index in [1.54, 1.807) is 19.1 Å². The molecule has 3 aromatic carbocycles. The average molecular weight is 435 g/mol. The molecule has 0 aliphatic rings. The van der Waals surface area contributed by atoms with Crippen molar-refractivity contribution in [1.29, 1.82) is 0 Å². The zero-order valence-electron chi connectivity index (χ0n) is 16.4. The Morgan fingerprint density at radius 3 is 1.90 bits per heavy atom. The van der Waals surface area contributed by atoms with Gasteiger partial charge >= 0.3 is 0 Å². The Labute approximate surface area is 183 Å². The van der Waals surface area contributed by atoms with Crippen LogP contribution in [0, 0.1) is 5.82 Å². The molecule has 0 radical (unpaired) electrons. The maximum absolute atomic E-state index is 14.5. The molecule has 0 aliphatic carbocycles. The van der Waals surface area contributed by atoms with Crippen molar-refractivity contribution < 1.29 is 14.0 Å². The molecule has 3 aromatic rings. The lowest BCUT2D eigenvalue weighted by atomic mass is 10.00. The van der Waals surface area contributed by atoms with Crippen LogP contribution in [0.1, 0.15) is 6.92 Å². The first-order valence-electron chi connectivity index (χ1n) is 9.09. The Bertz CT molecular complexity index is 1120. The highest BCUT2D eigenvalue weighted by Crippen LogP contribution is 2.31. The van der Waals surface area contributed by atoms with Crippen LogP contribution in [-0.4, -0.2) is 10.2 Å². The Hall–Kier alpha value is -2.89. The maximum Gasteiger partial charge on any atom is 0.219 e. The van der Waals surface area contributed by atoms with Crippen LogP contribution in [0.25, 0.3) is 22.3 Å². The Balaban J connectivity index is 1.76. The van der Waals surface area contributed by atoms with E-state index in [2.05, 4.69) is 13.2 Å². The van der Waals surface area contributed by atoms with Crippen molar-refractivity contribution >= 4 is 33.8 Å². The van der Waals surface area contributed by atoms with E-state index < -0.39 is 0 Å². The van der Waals surface area contributed by atoms with Crippen LogP contribution in [-0.2, 0) is 9.59 Å². The first kappa shape index (κ1) is 21.8. The van der Waals surface area contributed by atoms with Crippen molar-refractivity contribution in [3.8, 4) is 22.3 Å². The average Bonchev–Trinajstić information content (AvgIpc) is 2.74. The number of carbonyl (C=O) groups is 2. The molecule has 0 amide bonds. The summed E-state index contributed by atoms with van der Waals surface area (Å²) < 4.78 is 14.5. The van der Waals surface area contributed by atoms with Crippen LogP contribution in [0.5, 0.6) is 0 Å². The molecule has 0 heterocycles. The summed E-state index contributed by atoms with van der Waals surface area (Å²) in [6, 6.07) is 20.0. The summed E-state index contributed by atoms with van der Waals surface area (Å²) in [5.41, 5.74) is 3.74. The second kappa shape index (κ2) is 9.74. The highest BCUT2D eigenvalue weighted by Gasteiger charge is 2.10. The smallest absolute Gasteiger partial charge is 0.219 e. The molecule has 0 spiro atoms. The van der Waals surface area contributed by atoms with Gasteiger partial charge in [0.15, 0.2) is 0 Å². The van der Waals surface area contributed by atoms with E-state index in [1.165, 1.54) is 12.1 Å². The highest BCUT2D eigenvalue weighted by atomic mass is 32.2. The van der Waals surface area contributed by atoms with Gasteiger partial charge in [-0.3, -0.25) is 9.59 Å². The standard InChI is InChI=1S/C25H19FO2S2/c1-4-24(27)29-21-13-14-22(23(26)15-21)19-7-5-17(6-8-19)18-9-11-20(12-10-18)30-25(28)16(2)3/h4-15H,1-2H2,3H3. The first-order valence-corrected chi connectivity index (χ1v) is 10.7. The summed E-state index contributed by atoms with van der Waals surface area (Å²) in [6.07, 6.45) is 1.21. The van der Waals surface area contributed by atoms with Gasteiger partial charge in [0.1, 0.15) is 5.82 Å². The van der Waals surface area contributed by atoms with Crippen LogP contribution in [0.4, 0.5) is 4.39 Å². The molecule has 0 aliphatic heterocycles. The van der Waals surface area contributed by atoms with E-state index in [9.17, 15) is 14.0 Å². The monoisotopic (exact) mass is 434 g/mol. The summed E-state index contributed by atoms with van der Waals surface area (Å²) in [5, 5.41) is -0.271. The van der Waals surface area contributed by atoms with Gasteiger partial charge in [-0.1, -0.05) is 55.6 Å². The number of rotatable bonds is 6. The summed E-state index contributed by atoms with van der Waals surface area (Å²) in [5.74, 6) is -0.381. The number of carbonyl (C=O) groups excluding carboxylic acids is 2. The van der Waals surface area contributed by atoms with E-state index >= 15 is 0 Å². The van der Waals surface area contributed by atoms with Gasteiger partial charge in [0.25, 0.3) is 0 Å². The topological polar surface area (TPSA) is 34.1 Å². The SMILES string of the molecule is C=CC(=O)Sc1ccc(-c2ccc(-c3ccc(SC(=O)C(=C)C)cc3)cc2)c(F)c1. The molecular weight excluding hydrogens is 415 g/mol. The molecule has 0 N–H and O–H groups in total. The van der Waals surface area contributed by atoms with Crippen molar-refractivity contribution in [3.63, 3.8) is 0 Å². The zero-order valence-corrected chi connectivity index (χ0v) is 18.0. The van der Waals surface area contributed by atoms with Crippen LogP contribution in [0.15, 0.2) is 101 Å². The van der Waals surface area contributed by atoms with Gasteiger partial charge in [0, 0.05) is 15.4 Å². The minimum absolute atomic E-state index is 0.0487. The normalized spacial score (nSPS) is 10.5. The predicted octanol–water partition coefficient (Wildman–Crippen LogP) is 7.16.